The van der Waals surface area contributed by atoms with E-state index in [1.165, 1.54) is 23.1 Å². The van der Waals surface area contributed by atoms with Crippen LogP contribution in [-0.2, 0) is 4.79 Å². The Labute approximate surface area is 107 Å². The van der Waals surface area contributed by atoms with Crippen molar-refractivity contribution in [3.63, 3.8) is 0 Å². The standard InChI is InChI=1S/C11H12BrFN2O2/c1-2-15(6-10(14)16)11(17)7-3-4-9(13)8(12)5-7/h3-5H,2,6H2,1H3,(H2,14,16). The smallest absolute Gasteiger partial charge is 0.254 e. The lowest BCUT2D eigenvalue weighted by Crippen LogP contribution is -2.38. The number of rotatable bonds is 4. The molecule has 1 aromatic carbocycles. The Kier molecular flexibility index (Phi) is 4.62. The first-order valence-corrected chi connectivity index (χ1v) is 5.77. The number of hydrogen-bond donors (Lipinski definition) is 1. The molecular formula is C11H12BrFN2O2. The Bertz CT molecular complexity index is 451. The summed E-state index contributed by atoms with van der Waals surface area (Å²) in [5, 5.41) is 0. The summed E-state index contributed by atoms with van der Waals surface area (Å²) in [5.41, 5.74) is 5.34. The average Bonchev–Trinajstić information content (AvgIpc) is 2.28. The van der Waals surface area contributed by atoms with E-state index in [0.717, 1.165) is 0 Å². The van der Waals surface area contributed by atoms with Gasteiger partial charge in [-0.15, -0.1) is 0 Å². The highest BCUT2D eigenvalue weighted by atomic mass is 79.9. The van der Waals surface area contributed by atoms with E-state index in [9.17, 15) is 14.0 Å². The maximum Gasteiger partial charge on any atom is 0.254 e. The summed E-state index contributed by atoms with van der Waals surface area (Å²) in [6.07, 6.45) is 0. The normalized spacial score (nSPS) is 10.1. The topological polar surface area (TPSA) is 63.4 Å². The van der Waals surface area contributed by atoms with Crippen LogP contribution in [0.4, 0.5) is 4.39 Å². The quantitative estimate of drug-likeness (QED) is 0.917. The lowest BCUT2D eigenvalue weighted by molar-refractivity contribution is -0.118. The maximum absolute atomic E-state index is 13.0. The summed E-state index contributed by atoms with van der Waals surface area (Å²) < 4.78 is 13.2. The first-order valence-electron chi connectivity index (χ1n) is 4.98. The van der Waals surface area contributed by atoms with Crippen molar-refractivity contribution >= 4 is 27.7 Å². The second kappa shape index (κ2) is 5.77. The van der Waals surface area contributed by atoms with Gasteiger partial charge in [0.15, 0.2) is 0 Å². The SMILES string of the molecule is CCN(CC(N)=O)C(=O)c1ccc(F)c(Br)c1. The minimum Gasteiger partial charge on any atom is -0.368 e. The van der Waals surface area contributed by atoms with Crippen LogP contribution >= 0.6 is 15.9 Å². The molecule has 1 rings (SSSR count). The molecule has 0 aliphatic carbocycles. The first kappa shape index (κ1) is 13.6. The molecule has 0 aliphatic heterocycles. The molecule has 0 heterocycles. The molecule has 2 N–H and O–H groups in total. The number of hydrogen-bond acceptors (Lipinski definition) is 2. The fraction of sp³-hybridized carbons (Fsp3) is 0.273. The average molecular weight is 303 g/mol. The van der Waals surface area contributed by atoms with Gasteiger partial charge in [-0.25, -0.2) is 4.39 Å². The van der Waals surface area contributed by atoms with Crippen molar-refractivity contribution in [2.75, 3.05) is 13.1 Å². The third-order valence-corrected chi connectivity index (χ3v) is 2.79. The zero-order valence-electron chi connectivity index (χ0n) is 9.24. The molecule has 0 spiro atoms. The van der Waals surface area contributed by atoms with Gasteiger partial charge in [-0.2, -0.15) is 0 Å². The van der Waals surface area contributed by atoms with Crippen LogP contribution < -0.4 is 5.73 Å². The van der Waals surface area contributed by atoms with Gasteiger partial charge in [0.1, 0.15) is 5.82 Å². The monoisotopic (exact) mass is 302 g/mol. The Hall–Kier alpha value is -1.43. The molecule has 0 aliphatic rings. The van der Waals surface area contributed by atoms with Gasteiger partial charge in [-0.1, -0.05) is 0 Å². The molecule has 2 amide bonds. The molecule has 1 aromatic rings. The van der Waals surface area contributed by atoms with Gasteiger partial charge in [-0.3, -0.25) is 9.59 Å². The fourth-order valence-electron chi connectivity index (χ4n) is 1.33. The van der Waals surface area contributed by atoms with Gasteiger partial charge >= 0.3 is 0 Å². The molecule has 92 valence electrons. The summed E-state index contributed by atoms with van der Waals surface area (Å²) in [4.78, 5) is 24.0. The molecule has 0 bridgehead atoms. The van der Waals surface area contributed by atoms with Gasteiger partial charge in [0.25, 0.3) is 5.91 Å². The second-order valence-electron chi connectivity index (χ2n) is 3.41. The second-order valence-corrected chi connectivity index (χ2v) is 4.27. The van der Waals surface area contributed by atoms with Crippen molar-refractivity contribution in [1.82, 2.24) is 4.90 Å². The summed E-state index contributed by atoms with van der Waals surface area (Å²) in [6.45, 7) is 1.94. The number of halogens is 2. The Morgan fingerprint density at radius 3 is 2.59 bits per heavy atom. The molecule has 0 fully saturated rings. The number of nitrogens with two attached hydrogens (primary N) is 1. The largest absolute Gasteiger partial charge is 0.368 e. The van der Waals surface area contributed by atoms with E-state index in [1.54, 1.807) is 6.92 Å². The van der Waals surface area contributed by atoms with Crippen molar-refractivity contribution < 1.29 is 14.0 Å². The Balaban J connectivity index is 2.93. The molecule has 6 heteroatoms. The number of likely N-dealkylation sites (N-methyl/N-ethyl adjacent to an activating group) is 1. The lowest BCUT2D eigenvalue weighted by Gasteiger charge is -2.19. The molecular weight excluding hydrogens is 291 g/mol. The highest BCUT2D eigenvalue weighted by Crippen LogP contribution is 2.17. The van der Waals surface area contributed by atoms with E-state index < -0.39 is 11.7 Å². The third kappa shape index (κ3) is 3.52. The van der Waals surface area contributed by atoms with Crippen LogP contribution in [-0.4, -0.2) is 29.8 Å². The minimum atomic E-state index is -0.582. The highest BCUT2D eigenvalue weighted by Gasteiger charge is 2.16. The zero-order chi connectivity index (χ0) is 13.0. The van der Waals surface area contributed by atoms with Gasteiger partial charge < -0.3 is 10.6 Å². The number of primary amides is 1. The van der Waals surface area contributed by atoms with Gasteiger partial charge in [0, 0.05) is 12.1 Å². The maximum atomic E-state index is 13.0. The summed E-state index contributed by atoms with van der Waals surface area (Å²) >= 11 is 3.00. The fourth-order valence-corrected chi connectivity index (χ4v) is 1.71. The number of amides is 2. The molecule has 4 nitrogen and oxygen atoms in total. The van der Waals surface area contributed by atoms with Crippen LogP contribution in [0.1, 0.15) is 17.3 Å². The van der Waals surface area contributed by atoms with E-state index >= 15 is 0 Å². The summed E-state index contributed by atoms with van der Waals surface area (Å²) in [5.74, 6) is -1.38. The van der Waals surface area contributed by atoms with Crippen LogP contribution in [0.2, 0.25) is 0 Å². The molecule has 0 saturated heterocycles. The van der Waals surface area contributed by atoms with Gasteiger partial charge in [0.05, 0.1) is 11.0 Å². The van der Waals surface area contributed by atoms with Crippen molar-refractivity contribution in [1.29, 1.82) is 0 Å². The van der Waals surface area contributed by atoms with Crippen LogP contribution in [0.25, 0.3) is 0 Å². The number of benzene rings is 1. The highest BCUT2D eigenvalue weighted by molar-refractivity contribution is 9.10. The van der Waals surface area contributed by atoms with Crippen molar-refractivity contribution in [2.24, 2.45) is 5.73 Å². The summed E-state index contributed by atoms with van der Waals surface area (Å²) in [7, 11) is 0. The Morgan fingerprint density at radius 1 is 1.47 bits per heavy atom. The van der Waals surface area contributed by atoms with Crippen LogP contribution in [0, 0.1) is 5.82 Å². The van der Waals surface area contributed by atoms with Crippen molar-refractivity contribution in [3.05, 3.63) is 34.1 Å². The van der Waals surface area contributed by atoms with E-state index in [4.69, 9.17) is 5.73 Å². The van der Waals surface area contributed by atoms with Crippen LogP contribution in [0.5, 0.6) is 0 Å². The first-order chi connectivity index (χ1) is 7.95. The number of carbonyl (C=O) groups is 2. The van der Waals surface area contributed by atoms with Crippen LogP contribution in [0.15, 0.2) is 22.7 Å². The molecule has 0 radical (unpaired) electrons. The summed E-state index contributed by atoms with van der Waals surface area (Å²) in [6, 6.07) is 3.93. The minimum absolute atomic E-state index is 0.148. The molecule has 0 atom stereocenters. The van der Waals surface area contributed by atoms with E-state index in [0.29, 0.717) is 12.1 Å². The third-order valence-electron chi connectivity index (χ3n) is 2.18. The number of nitrogens with zero attached hydrogens (tertiary/aromatic N) is 1. The lowest BCUT2D eigenvalue weighted by atomic mass is 10.2. The van der Waals surface area contributed by atoms with E-state index in [-0.39, 0.29) is 16.9 Å². The molecule has 0 aromatic heterocycles. The van der Waals surface area contributed by atoms with Crippen molar-refractivity contribution in [3.8, 4) is 0 Å². The van der Waals surface area contributed by atoms with E-state index in [2.05, 4.69) is 15.9 Å². The predicted molar refractivity (Wildman–Crippen MR) is 64.9 cm³/mol. The molecule has 0 saturated carbocycles. The Morgan fingerprint density at radius 2 is 2.12 bits per heavy atom. The van der Waals surface area contributed by atoms with E-state index in [1.807, 2.05) is 0 Å². The molecule has 0 unspecified atom stereocenters. The number of carbonyl (C=O) groups excluding carboxylic acids is 2. The van der Waals surface area contributed by atoms with Crippen LogP contribution in [0.3, 0.4) is 0 Å². The predicted octanol–water partition coefficient (Wildman–Crippen LogP) is 1.54. The zero-order valence-corrected chi connectivity index (χ0v) is 10.8. The van der Waals surface area contributed by atoms with Crippen molar-refractivity contribution in [2.45, 2.75) is 6.92 Å². The van der Waals surface area contributed by atoms with Gasteiger partial charge in [0.2, 0.25) is 5.91 Å². The molecule has 17 heavy (non-hydrogen) atoms. The van der Waals surface area contributed by atoms with Gasteiger partial charge in [-0.05, 0) is 41.1 Å².